The number of aryl methyl sites for hydroxylation is 2. The summed E-state index contributed by atoms with van der Waals surface area (Å²) in [6.45, 7) is 0. The molecule has 35 heavy (non-hydrogen) atoms. The van der Waals surface area contributed by atoms with Gasteiger partial charge in [-0.25, -0.2) is 17.7 Å². The van der Waals surface area contributed by atoms with Gasteiger partial charge in [0.2, 0.25) is 15.9 Å². The number of nitrogens with zero attached hydrogens (tertiary/aromatic N) is 3. The number of hydrogen-bond donors (Lipinski definition) is 1. The number of rotatable bonds is 6. The summed E-state index contributed by atoms with van der Waals surface area (Å²) >= 11 is 0. The number of sulfonamides is 1. The highest BCUT2D eigenvalue weighted by atomic mass is 32.2. The van der Waals surface area contributed by atoms with Gasteiger partial charge in [0.25, 0.3) is 0 Å². The van der Waals surface area contributed by atoms with E-state index in [-0.39, 0.29) is 17.2 Å². The number of hydrogen-bond acceptors (Lipinski definition) is 4. The van der Waals surface area contributed by atoms with Gasteiger partial charge in [-0.1, -0.05) is 36.1 Å². The standard InChI is InChI=1S/C27H26N4O3S/c1-30(2)35(33,34)23-14-15-25-24(19-23)29-26(31(25)3)16-17-27(32)28-22-11-7-10-21(18-22)13-12-20-8-5-4-6-9-20/h4-11,14-15,18-19H,16-17H2,1-3H3,(H,28,32). The molecule has 0 aliphatic carbocycles. The zero-order valence-electron chi connectivity index (χ0n) is 19.8. The van der Waals surface area contributed by atoms with E-state index in [1.165, 1.54) is 18.4 Å². The molecule has 1 N–H and O–H groups in total. The fourth-order valence-corrected chi connectivity index (χ4v) is 4.54. The molecule has 0 atom stereocenters. The fourth-order valence-electron chi connectivity index (χ4n) is 3.61. The van der Waals surface area contributed by atoms with Crippen LogP contribution in [0.15, 0.2) is 77.7 Å². The van der Waals surface area contributed by atoms with Gasteiger partial charge in [-0.2, -0.15) is 0 Å². The van der Waals surface area contributed by atoms with Crippen LogP contribution in [-0.2, 0) is 28.3 Å². The van der Waals surface area contributed by atoms with Gasteiger partial charge in [-0.05, 0) is 48.5 Å². The van der Waals surface area contributed by atoms with Crippen molar-refractivity contribution in [2.24, 2.45) is 7.05 Å². The van der Waals surface area contributed by atoms with Gasteiger partial charge in [-0.15, -0.1) is 0 Å². The molecule has 178 valence electrons. The third kappa shape index (κ3) is 5.60. The van der Waals surface area contributed by atoms with E-state index < -0.39 is 10.0 Å². The lowest BCUT2D eigenvalue weighted by Gasteiger charge is -2.10. The molecule has 0 spiro atoms. The SMILES string of the molecule is CN(C)S(=O)(=O)c1ccc2c(c1)nc(CCC(=O)Nc1cccc(C#Cc3ccccc3)c1)n2C. The normalized spacial score (nSPS) is 11.3. The summed E-state index contributed by atoms with van der Waals surface area (Å²) in [7, 11) is 1.30. The van der Waals surface area contributed by atoms with E-state index in [2.05, 4.69) is 22.1 Å². The lowest BCUT2D eigenvalue weighted by molar-refractivity contribution is -0.116. The van der Waals surface area contributed by atoms with E-state index in [4.69, 9.17) is 0 Å². The molecule has 0 aliphatic rings. The number of nitrogens with one attached hydrogen (secondary N) is 1. The van der Waals surface area contributed by atoms with Crippen molar-refractivity contribution < 1.29 is 13.2 Å². The monoisotopic (exact) mass is 486 g/mol. The van der Waals surface area contributed by atoms with Crippen LogP contribution in [0, 0.1) is 11.8 Å². The second-order valence-corrected chi connectivity index (χ2v) is 10.4. The summed E-state index contributed by atoms with van der Waals surface area (Å²) in [5.41, 5.74) is 3.80. The number of benzene rings is 3. The van der Waals surface area contributed by atoms with Crippen molar-refractivity contribution in [3.8, 4) is 11.8 Å². The minimum absolute atomic E-state index is 0.138. The lowest BCUT2D eigenvalue weighted by atomic mass is 10.1. The van der Waals surface area contributed by atoms with Crippen molar-refractivity contribution in [3.63, 3.8) is 0 Å². The van der Waals surface area contributed by atoms with E-state index >= 15 is 0 Å². The summed E-state index contributed by atoms with van der Waals surface area (Å²) in [4.78, 5) is 17.4. The first-order valence-electron chi connectivity index (χ1n) is 11.1. The van der Waals surface area contributed by atoms with Crippen molar-refractivity contribution in [2.45, 2.75) is 17.7 Å². The van der Waals surface area contributed by atoms with E-state index in [0.717, 1.165) is 16.6 Å². The fraction of sp³-hybridized carbons (Fsp3) is 0.185. The Labute approximate surface area is 205 Å². The summed E-state index contributed by atoms with van der Waals surface area (Å²) < 4.78 is 27.9. The minimum atomic E-state index is -3.55. The van der Waals surface area contributed by atoms with Gasteiger partial charge in [-0.3, -0.25) is 4.79 Å². The van der Waals surface area contributed by atoms with E-state index in [0.29, 0.717) is 23.4 Å². The van der Waals surface area contributed by atoms with Gasteiger partial charge < -0.3 is 9.88 Å². The molecule has 1 heterocycles. The highest BCUT2D eigenvalue weighted by molar-refractivity contribution is 7.89. The van der Waals surface area contributed by atoms with Gasteiger partial charge in [0, 0.05) is 50.8 Å². The number of carbonyl (C=O) groups excluding carboxylic acids is 1. The second-order valence-electron chi connectivity index (χ2n) is 8.27. The number of amides is 1. The molecule has 0 unspecified atom stereocenters. The molecule has 1 amide bonds. The molecule has 0 saturated carbocycles. The first kappa shape index (κ1) is 24.2. The quantitative estimate of drug-likeness (QED) is 0.420. The van der Waals surface area contributed by atoms with E-state index in [9.17, 15) is 13.2 Å². The largest absolute Gasteiger partial charge is 0.331 e. The first-order valence-corrected chi connectivity index (χ1v) is 12.5. The summed E-state index contributed by atoms with van der Waals surface area (Å²) in [6, 6.07) is 22.0. The lowest BCUT2D eigenvalue weighted by Crippen LogP contribution is -2.22. The Balaban J connectivity index is 1.43. The minimum Gasteiger partial charge on any atom is -0.331 e. The number of carbonyl (C=O) groups is 1. The Morgan fingerprint density at radius 2 is 1.69 bits per heavy atom. The predicted octanol–water partition coefficient (Wildman–Crippen LogP) is 3.79. The zero-order valence-corrected chi connectivity index (χ0v) is 20.6. The average Bonchev–Trinajstić information content (AvgIpc) is 3.17. The molecule has 0 fully saturated rings. The highest BCUT2D eigenvalue weighted by Crippen LogP contribution is 2.22. The summed E-state index contributed by atoms with van der Waals surface area (Å²) in [5, 5.41) is 2.92. The van der Waals surface area contributed by atoms with Crippen LogP contribution >= 0.6 is 0 Å². The predicted molar refractivity (Wildman–Crippen MR) is 137 cm³/mol. The van der Waals surface area contributed by atoms with Crippen LogP contribution in [0.3, 0.4) is 0 Å². The van der Waals surface area contributed by atoms with Crippen LogP contribution in [0.4, 0.5) is 5.69 Å². The molecule has 0 bridgehead atoms. The van der Waals surface area contributed by atoms with Gasteiger partial charge >= 0.3 is 0 Å². The second kappa shape index (κ2) is 10.1. The van der Waals surface area contributed by atoms with E-state index in [1.807, 2.05) is 66.2 Å². The van der Waals surface area contributed by atoms with Crippen LogP contribution in [0.5, 0.6) is 0 Å². The topological polar surface area (TPSA) is 84.3 Å². The molecular weight excluding hydrogens is 460 g/mol. The van der Waals surface area contributed by atoms with Crippen LogP contribution in [0.25, 0.3) is 11.0 Å². The van der Waals surface area contributed by atoms with Crippen molar-refractivity contribution >= 4 is 32.7 Å². The molecule has 3 aromatic carbocycles. The van der Waals surface area contributed by atoms with Crippen LogP contribution < -0.4 is 5.32 Å². The number of anilines is 1. The Bertz CT molecular complexity index is 1550. The smallest absolute Gasteiger partial charge is 0.242 e. The first-order chi connectivity index (χ1) is 16.7. The molecule has 0 saturated heterocycles. The number of imidazole rings is 1. The van der Waals surface area contributed by atoms with Gasteiger partial charge in [0.05, 0.1) is 15.9 Å². The molecule has 4 rings (SSSR count). The Kier molecular flexibility index (Phi) is 7.01. The highest BCUT2D eigenvalue weighted by Gasteiger charge is 2.19. The van der Waals surface area contributed by atoms with Crippen LogP contribution in [0.1, 0.15) is 23.4 Å². The van der Waals surface area contributed by atoms with Crippen molar-refractivity contribution in [3.05, 3.63) is 89.7 Å². The van der Waals surface area contributed by atoms with Crippen LogP contribution in [-0.4, -0.2) is 42.3 Å². The van der Waals surface area contributed by atoms with Crippen molar-refractivity contribution in [1.29, 1.82) is 0 Å². The average molecular weight is 487 g/mol. The van der Waals surface area contributed by atoms with Gasteiger partial charge in [0.15, 0.2) is 0 Å². The summed E-state index contributed by atoms with van der Waals surface area (Å²) in [5.74, 6) is 6.80. The Morgan fingerprint density at radius 3 is 2.43 bits per heavy atom. The molecule has 0 radical (unpaired) electrons. The Morgan fingerprint density at radius 1 is 0.971 bits per heavy atom. The molecule has 8 heteroatoms. The maximum absolute atomic E-state index is 12.6. The maximum atomic E-state index is 12.6. The molecule has 4 aromatic rings. The molecule has 1 aromatic heterocycles. The third-order valence-corrected chi connectivity index (χ3v) is 7.38. The Hall–Kier alpha value is -3.93. The molecular formula is C27H26N4O3S. The van der Waals surface area contributed by atoms with Crippen molar-refractivity contribution in [1.82, 2.24) is 13.9 Å². The summed E-state index contributed by atoms with van der Waals surface area (Å²) in [6.07, 6.45) is 0.653. The zero-order chi connectivity index (χ0) is 25.0. The van der Waals surface area contributed by atoms with Crippen molar-refractivity contribution in [2.75, 3.05) is 19.4 Å². The molecule has 7 nitrogen and oxygen atoms in total. The molecule has 0 aliphatic heterocycles. The van der Waals surface area contributed by atoms with E-state index in [1.54, 1.807) is 18.2 Å². The van der Waals surface area contributed by atoms with Crippen LogP contribution in [0.2, 0.25) is 0 Å². The third-order valence-electron chi connectivity index (χ3n) is 5.57. The van der Waals surface area contributed by atoms with Gasteiger partial charge in [0.1, 0.15) is 5.82 Å². The number of aromatic nitrogens is 2. The number of fused-ring (bicyclic) bond motifs is 1. The maximum Gasteiger partial charge on any atom is 0.242 e.